The van der Waals surface area contributed by atoms with Crippen LogP contribution < -0.4 is 10.2 Å². The zero-order chi connectivity index (χ0) is 14.4. The summed E-state index contributed by atoms with van der Waals surface area (Å²) in [6, 6.07) is 10.3. The Labute approximate surface area is 120 Å². The number of para-hydroxylation sites is 1. The van der Waals surface area contributed by atoms with E-state index in [2.05, 4.69) is 53.1 Å². The zero-order valence-electron chi connectivity index (χ0n) is 12.4. The van der Waals surface area contributed by atoms with Crippen molar-refractivity contribution < 1.29 is 0 Å². The highest BCUT2D eigenvalue weighted by Gasteiger charge is 2.14. The normalized spacial score (nSPS) is 10.3. The molecule has 0 atom stereocenters. The molecule has 2 rings (SSSR count). The van der Waals surface area contributed by atoms with Crippen molar-refractivity contribution in [2.45, 2.75) is 27.2 Å². The molecule has 1 aromatic heterocycles. The standard InChI is InChI=1S/C16H22N4/c1-4-11-17-15-13(3)16(19-12-18-15)20(5-2)14-9-7-6-8-10-14/h6-10,12H,4-5,11H2,1-3H3,(H,17,18,19). The lowest BCUT2D eigenvalue weighted by Crippen LogP contribution is -2.19. The van der Waals surface area contributed by atoms with Gasteiger partial charge in [-0.25, -0.2) is 9.97 Å². The van der Waals surface area contributed by atoms with Crippen molar-refractivity contribution in [3.05, 3.63) is 42.2 Å². The van der Waals surface area contributed by atoms with Gasteiger partial charge in [0.15, 0.2) is 0 Å². The van der Waals surface area contributed by atoms with Gasteiger partial charge >= 0.3 is 0 Å². The monoisotopic (exact) mass is 270 g/mol. The van der Waals surface area contributed by atoms with E-state index in [9.17, 15) is 0 Å². The molecule has 0 radical (unpaired) electrons. The maximum absolute atomic E-state index is 4.47. The van der Waals surface area contributed by atoms with Gasteiger partial charge in [0.05, 0.1) is 0 Å². The van der Waals surface area contributed by atoms with Crippen molar-refractivity contribution in [1.29, 1.82) is 0 Å². The number of nitrogens with zero attached hydrogens (tertiary/aromatic N) is 3. The second kappa shape index (κ2) is 6.89. The minimum absolute atomic E-state index is 0.870. The Hall–Kier alpha value is -2.10. The Bertz CT molecular complexity index is 539. The van der Waals surface area contributed by atoms with Gasteiger partial charge in [0.1, 0.15) is 18.0 Å². The van der Waals surface area contributed by atoms with Gasteiger partial charge in [0, 0.05) is 24.3 Å². The lowest BCUT2D eigenvalue weighted by atomic mass is 10.2. The second-order valence-electron chi connectivity index (χ2n) is 4.68. The molecular weight excluding hydrogens is 248 g/mol. The zero-order valence-corrected chi connectivity index (χ0v) is 12.4. The second-order valence-corrected chi connectivity index (χ2v) is 4.68. The van der Waals surface area contributed by atoms with Gasteiger partial charge in [0.2, 0.25) is 0 Å². The molecule has 106 valence electrons. The highest BCUT2D eigenvalue weighted by Crippen LogP contribution is 2.28. The summed E-state index contributed by atoms with van der Waals surface area (Å²) in [6.07, 6.45) is 2.71. The number of anilines is 3. The van der Waals surface area contributed by atoms with Gasteiger partial charge in [0.25, 0.3) is 0 Å². The van der Waals surface area contributed by atoms with Crippen molar-refractivity contribution in [3.8, 4) is 0 Å². The fourth-order valence-electron chi connectivity index (χ4n) is 2.20. The molecule has 0 aliphatic rings. The third kappa shape index (κ3) is 3.07. The quantitative estimate of drug-likeness (QED) is 0.867. The lowest BCUT2D eigenvalue weighted by molar-refractivity contribution is 0.937. The molecule has 0 saturated heterocycles. The van der Waals surface area contributed by atoms with E-state index in [1.165, 1.54) is 0 Å². The van der Waals surface area contributed by atoms with Gasteiger partial charge < -0.3 is 10.2 Å². The number of hydrogen-bond donors (Lipinski definition) is 1. The fourth-order valence-corrected chi connectivity index (χ4v) is 2.20. The van der Waals surface area contributed by atoms with E-state index in [1.54, 1.807) is 6.33 Å². The maximum Gasteiger partial charge on any atom is 0.141 e. The predicted octanol–water partition coefficient (Wildman–Crippen LogP) is 3.76. The van der Waals surface area contributed by atoms with Gasteiger partial charge in [-0.05, 0) is 32.4 Å². The van der Waals surface area contributed by atoms with Crippen molar-refractivity contribution in [3.63, 3.8) is 0 Å². The van der Waals surface area contributed by atoms with E-state index in [4.69, 9.17) is 0 Å². The van der Waals surface area contributed by atoms with Crippen LogP contribution in [0.2, 0.25) is 0 Å². The molecule has 1 heterocycles. The molecule has 2 aromatic rings. The molecule has 0 fully saturated rings. The van der Waals surface area contributed by atoms with Crippen LogP contribution in [0.15, 0.2) is 36.7 Å². The summed E-state index contributed by atoms with van der Waals surface area (Å²) < 4.78 is 0. The van der Waals surface area contributed by atoms with Crippen LogP contribution in [0, 0.1) is 6.92 Å². The Morgan fingerprint density at radius 1 is 1.10 bits per heavy atom. The van der Waals surface area contributed by atoms with Crippen molar-refractivity contribution in [1.82, 2.24) is 9.97 Å². The summed E-state index contributed by atoms with van der Waals surface area (Å²) >= 11 is 0. The summed E-state index contributed by atoms with van der Waals surface area (Å²) in [5, 5.41) is 3.36. The molecule has 4 nitrogen and oxygen atoms in total. The van der Waals surface area contributed by atoms with Crippen LogP contribution in [0.25, 0.3) is 0 Å². The van der Waals surface area contributed by atoms with E-state index < -0.39 is 0 Å². The number of rotatable bonds is 6. The average Bonchev–Trinajstić information content (AvgIpc) is 2.49. The first-order valence-electron chi connectivity index (χ1n) is 7.16. The lowest BCUT2D eigenvalue weighted by Gasteiger charge is -2.24. The van der Waals surface area contributed by atoms with Crippen molar-refractivity contribution in [2.75, 3.05) is 23.3 Å². The minimum Gasteiger partial charge on any atom is -0.370 e. The molecule has 1 N–H and O–H groups in total. The van der Waals surface area contributed by atoms with E-state index >= 15 is 0 Å². The average molecular weight is 270 g/mol. The molecule has 20 heavy (non-hydrogen) atoms. The van der Waals surface area contributed by atoms with Crippen LogP contribution in [-0.2, 0) is 0 Å². The molecule has 0 saturated carbocycles. The number of benzene rings is 1. The summed E-state index contributed by atoms with van der Waals surface area (Å²) in [6.45, 7) is 8.14. The molecule has 1 aromatic carbocycles. The van der Waals surface area contributed by atoms with Crippen LogP contribution in [0.5, 0.6) is 0 Å². The molecule has 4 heteroatoms. The van der Waals surface area contributed by atoms with E-state index in [1.807, 2.05) is 18.2 Å². The predicted molar refractivity (Wildman–Crippen MR) is 84.7 cm³/mol. The first-order valence-corrected chi connectivity index (χ1v) is 7.16. The Kier molecular flexibility index (Phi) is 4.93. The van der Waals surface area contributed by atoms with Crippen LogP contribution in [0.1, 0.15) is 25.8 Å². The molecule has 0 spiro atoms. The summed E-state index contributed by atoms with van der Waals surface area (Å²) in [4.78, 5) is 11.0. The van der Waals surface area contributed by atoms with Gasteiger partial charge in [-0.3, -0.25) is 0 Å². The molecule has 0 aliphatic heterocycles. The highest BCUT2D eigenvalue weighted by atomic mass is 15.2. The Morgan fingerprint density at radius 3 is 2.50 bits per heavy atom. The third-order valence-corrected chi connectivity index (χ3v) is 3.24. The molecule has 0 bridgehead atoms. The number of hydrogen-bond acceptors (Lipinski definition) is 4. The summed E-state index contributed by atoms with van der Waals surface area (Å²) in [7, 11) is 0. The Balaban J connectivity index is 2.35. The Morgan fingerprint density at radius 2 is 1.85 bits per heavy atom. The van der Waals surface area contributed by atoms with E-state index in [-0.39, 0.29) is 0 Å². The SMILES string of the molecule is CCCNc1ncnc(N(CC)c2ccccc2)c1C. The van der Waals surface area contributed by atoms with Crippen LogP contribution in [0.4, 0.5) is 17.3 Å². The van der Waals surface area contributed by atoms with Gasteiger partial charge in [-0.1, -0.05) is 25.1 Å². The smallest absolute Gasteiger partial charge is 0.141 e. The first kappa shape index (κ1) is 14.3. The van der Waals surface area contributed by atoms with Gasteiger partial charge in [-0.15, -0.1) is 0 Å². The number of aromatic nitrogens is 2. The third-order valence-electron chi connectivity index (χ3n) is 3.24. The highest BCUT2D eigenvalue weighted by molar-refractivity contribution is 5.66. The minimum atomic E-state index is 0.870. The van der Waals surface area contributed by atoms with Crippen LogP contribution in [0.3, 0.4) is 0 Å². The fraction of sp³-hybridized carbons (Fsp3) is 0.375. The first-order chi connectivity index (χ1) is 9.77. The van der Waals surface area contributed by atoms with Crippen molar-refractivity contribution in [2.24, 2.45) is 0 Å². The molecular formula is C16H22N4. The van der Waals surface area contributed by atoms with Gasteiger partial charge in [-0.2, -0.15) is 0 Å². The molecule has 0 amide bonds. The topological polar surface area (TPSA) is 41.1 Å². The largest absolute Gasteiger partial charge is 0.370 e. The van der Waals surface area contributed by atoms with Crippen LogP contribution in [-0.4, -0.2) is 23.1 Å². The maximum atomic E-state index is 4.47. The van der Waals surface area contributed by atoms with Crippen molar-refractivity contribution >= 4 is 17.3 Å². The summed E-state index contributed by atoms with van der Waals surface area (Å²) in [5.41, 5.74) is 2.24. The van der Waals surface area contributed by atoms with E-state index in [0.717, 1.165) is 42.4 Å². The number of nitrogens with one attached hydrogen (secondary N) is 1. The van der Waals surface area contributed by atoms with E-state index in [0.29, 0.717) is 0 Å². The molecule has 0 aliphatic carbocycles. The van der Waals surface area contributed by atoms with Crippen LogP contribution >= 0.6 is 0 Å². The summed E-state index contributed by atoms with van der Waals surface area (Å²) in [5.74, 6) is 1.89. The molecule has 0 unspecified atom stereocenters.